The van der Waals surface area contributed by atoms with Crippen LogP contribution in [0.5, 0.6) is 0 Å². The van der Waals surface area contributed by atoms with E-state index in [-0.39, 0.29) is 11.1 Å². The summed E-state index contributed by atoms with van der Waals surface area (Å²) >= 11 is 0. The average molecular weight is 276 g/mol. The quantitative estimate of drug-likeness (QED) is 0.637. The van der Waals surface area contributed by atoms with Gasteiger partial charge in [-0.2, -0.15) is 5.26 Å². The number of nitriles is 1. The maximum Gasteiger partial charge on any atom is 0.292 e. The molecule has 0 aromatic heterocycles. The van der Waals surface area contributed by atoms with Crippen LogP contribution in [-0.4, -0.2) is 37.0 Å². The molecule has 0 atom stereocenters. The Kier molecular flexibility index (Phi) is 5.06. The van der Waals surface area contributed by atoms with Crippen LogP contribution < -0.4 is 5.32 Å². The number of nitro groups is 1. The third kappa shape index (κ3) is 4.52. The van der Waals surface area contributed by atoms with Gasteiger partial charge in [-0.25, -0.2) is 0 Å². The van der Waals surface area contributed by atoms with Gasteiger partial charge < -0.3 is 10.2 Å². The first-order valence-corrected chi connectivity index (χ1v) is 6.32. The summed E-state index contributed by atoms with van der Waals surface area (Å²) in [4.78, 5) is 12.6. The van der Waals surface area contributed by atoms with Crippen molar-refractivity contribution in [3.8, 4) is 6.07 Å². The normalized spacial score (nSPS) is 11.2. The Morgan fingerprint density at radius 3 is 2.60 bits per heavy atom. The SMILES string of the molecule is CN(C)CC(C)(C)CNc1cc(C#N)ccc1[N+](=O)[O-]. The lowest BCUT2D eigenvalue weighted by molar-refractivity contribution is -0.384. The van der Waals surface area contributed by atoms with Crippen LogP contribution in [0, 0.1) is 26.9 Å². The molecule has 1 aromatic carbocycles. The van der Waals surface area contributed by atoms with Crippen LogP contribution in [0.25, 0.3) is 0 Å². The minimum absolute atomic E-state index is 0.00958. The van der Waals surface area contributed by atoms with Gasteiger partial charge in [-0.1, -0.05) is 13.8 Å². The molecule has 0 radical (unpaired) electrons. The Labute approximate surface area is 119 Å². The van der Waals surface area contributed by atoms with Crippen LogP contribution in [0.2, 0.25) is 0 Å². The van der Waals surface area contributed by atoms with Gasteiger partial charge in [-0.15, -0.1) is 0 Å². The highest BCUT2D eigenvalue weighted by atomic mass is 16.6. The van der Waals surface area contributed by atoms with E-state index in [1.165, 1.54) is 18.2 Å². The fraction of sp³-hybridized carbons (Fsp3) is 0.500. The molecule has 0 saturated carbocycles. The third-order valence-electron chi connectivity index (χ3n) is 2.82. The lowest BCUT2D eigenvalue weighted by Crippen LogP contribution is -2.34. The van der Waals surface area contributed by atoms with Crippen molar-refractivity contribution in [1.29, 1.82) is 5.26 Å². The average Bonchev–Trinajstić information content (AvgIpc) is 2.34. The largest absolute Gasteiger partial charge is 0.379 e. The molecule has 6 nitrogen and oxygen atoms in total. The van der Waals surface area contributed by atoms with E-state index < -0.39 is 4.92 Å². The van der Waals surface area contributed by atoms with Crippen molar-refractivity contribution in [1.82, 2.24) is 4.90 Å². The summed E-state index contributed by atoms with van der Waals surface area (Å²) in [6.07, 6.45) is 0. The topological polar surface area (TPSA) is 82.2 Å². The molecule has 0 spiro atoms. The standard InChI is InChI=1S/C14H20N4O2/c1-14(2,10-17(3)4)9-16-12-7-11(8-15)5-6-13(12)18(19)20/h5-7,16H,9-10H2,1-4H3. The molecule has 108 valence electrons. The molecule has 0 fully saturated rings. The van der Waals surface area contributed by atoms with Gasteiger partial charge in [0.1, 0.15) is 5.69 Å². The summed E-state index contributed by atoms with van der Waals surface area (Å²) < 4.78 is 0. The Bertz CT molecular complexity index is 532. The minimum atomic E-state index is -0.442. The van der Waals surface area contributed by atoms with Crippen molar-refractivity contribution in [3.63, 3.8) is 0 Å². The Balaban J connectivity index is 2.91. The molecule has 0 aliphatic rings. The molecule has 0 bridgehead atoms. The number of nitrogens with one attached hydrogen (secondary N) is 1. The van der Waals surface area contributed by atoms with Crippen LogP contribution in [0.1, 0.15) is 19.4 Å². The molecule has 1 aromatic rings. The zero-order chi connectivity index (χ0) is 15.3. The molecule has 0 saturated heterocycles. The number of nitro benzene ring substituents is 1. The first kappa shape index (κ1) is 15.9. The third-order valence-corrected chi connectivity index (χ3v) is 2.82. The van der Waals surface area contributed by atoms with Crippen molar-refractivity contribution < 1.29 is 4.92 Å². The van der Waals surface area contributed by atoms with Gasteiger partial charge in [0.15, 0.2) is 0 Å². The zero-order valence-electron chi connectivity index (χ0n) is 12.3. The highest BCUT2D eigenvalue weighted by molar-refractivity contribution is 5.64. The fourth-order valence-corrected chi connectivity index (χ4v) is 2.15. The van der Waals surface area contributed by atoms with Crippen LogP contribution in [0.3, 0.4) is 0 Å². The van der Waals surface area contributed by atoms with Gasteiger partial charge in [0.25, 0.3) is 5.69 Å². The molecule has 1 N–H and O–H groups in total. The number of nitrogens with zero attached hydrogens (tertiary/aromatic N) is 3. The van der Waals surface area contributed by atoms with Crippen LogP contribution in [0.15, 0.2) is 18.2 Å². The zero-order valence-corrected chi connectivity index (χ0v) is 12.3. The van der Waals surface area contributed by atoms with Gasteiger partial charge >= 0.3 is 0 Å². The van der Waals surface area contributed by atoms with Gasteiger partial charge in [-0.3, -0.25) is 10.1 Å². The first-order valence-electron chi connectivity index (χ1n) is 6.32. The van der Waals surface area contributed by atoms with E-state index in [1.54, 1.807) is 0 Å². The molecule has 1 rings (SSSR count). The van der Waals surface area contributed by atoms with Crippen LogP contribution >= 0.6 is 0 Å². The molecule has 0 amide bonds. The van der Waals surface area contributed by atoms with E-state index in [0.29, 0.717) is 17.8 Å². The van der Waals surface area contributed by atoms with Crippen molar-refractivity contribution >= 4 is 11.4 Å². The van der Waals surface area contributed by atoms with E-state index in [4.69, 9.17) is 5.26 Å². The monoisotopic (exact) mass is 276 g/mol. The van der Waals surface area contributed by atoms with Crippen molar-refractivity contribution in [2.24, 2.45) is 5.41 Å². The van der Waals surface area contributed by atoms with E-state index >= 15 is 0 Å². The maximum absolute atomic E-state index is 11.0. The lowest BCUT2D eigenvalue weighted by atomic mass is 9.93. The molecular formula is C14H20N4O2. The van der Waals surface area contributed by atoms with Gasteiger partial charge in [-0.05, 0) is 31.6 Å². The smallest absolute Gasteiger partial charge is 0.292 e. The van der Waals surface area contributed by atoms with Crippen LogP contribution in [-0.2, 0) is 0 Å². The van der Waals surface area contributed by atoms with Gasteiger partial charge in [0, 0.05) is 19.2 Å². The number of rotatable bonds is 6. The summed E-state index contributed by atoms with van der Waals surface area (Å²) in [7, 11) is 3.97. The number of anilines is 1. The van der Waals surface area contributed by atoms with Crippen molar-refractivity contribution in [3.05, 3.63) is 33.9 Å². The highest BCUT2D eigenvalue weighted by Gasteiger charge is 2.21. The van der Waals surface area contributed by atoms with Crippen molar-refractivity contribution in [2.75, 3.05) is 32.5 Å². The summed E-state index contributed by atoms with van der Waals surface area (Å²) in [5.41, 5.74) is 0.745. The lowest BCUT2D eigenvalue weighted by Gasteiger charge is -2.28. The Morgan fingerprint density at radius 2 is 2.10 bits per heavy atom. The van der Waals surface area contributed by atoms with Gasteiger partial charge in [0.2, 0.25) is 0 Å². The van der Waals surface area contributed by atoms with E-state index in [9.17, 15) is 10.1 Å². The number of hydrogen-bond donors (Lipinski definition) is 1. The molecule has 0 unspecified atom stereocenters. The maximum atomic E-state index is 11.0. The predicted molar refractivity (Wildman–Crippen MR) is 78.6 cm³/mol. The van der Waals surface area contributed by atoms with E-state index in [0.717, 1.165) is 6.54 Å². The van der Waals surface area contributed by atoms with E-state index in [2.05, 4.69) is 24.1 Å². The van der Waals surface area contributed by atoms with Crippen LogP contribution in [0.4, 0.5) is 11.4 Å². The summed E-state index contributed by atoms with van der Waals surface area (Å²) in [6, 6.07) is 6.32. The molecule has 20 heavy (non-hydrogen) atoms. The molecular weight excluding hydrogens is 256 g/mol. The molecule has 0 heterocycles. The highest BCUT2D eigenvalue weighted by Crippen LogP contribution is 2.27. The van der Waals surface area contributed by atoms with Gasteiger partial charge in [0.05, 0.1) is 16.6 Å². The molecule has 0 aliphatic heterocycles. The predicted octanol–water partition coefficient (Wildman–Crippen LogP) is 2.47. The summed E-state index contributed by atoms with van der Waals surface area (Å²) in [5.74, 6) is 0. The Hall–Kier alpha value is -2.13. The van der Waals surface area contributed by atoms with Crippen molar-refractivity contribution in [2.45, 2.75) is 13.8 Å². The summed E-state index contributed by atoms with van der Waals surface area (Å²) in [6.45, 7) is 5.60. The van der Waals surface area contributed by atoms with E-state index in [1.807, 2.05) is 20.2 Å². The first-order chi connectivity index (χ1) is 9.25. The summed E-state index contributed by atoms with van der Waals surface area (Å²) in [5, 5.41) is 23.0. The second-order valence-corrected chi connectivity index (χ2v) is 5.86. The second-order valence-electron chi connectivity index (χ2n) is 5.86. The fourth-order valence-electron chi connectivity index (χ4n) is 2.15. The molecule has 0 aliphatic carbocycles. The number of hydrogen-bond acceptors (Lipinski definition) is 5. The molecule has 6 heteroatoms. The number of benzene rings is 1. The minimum Gasteiger partial charge on any atom is -0.379 e. The second kappa shape index (κ2) is 6.35. The Morgan fingerprint density at radius 1 is 1.45 bits per heavy atom.